The van der Waals surface area contributed by atoms with E-state index in [4.69, 9.17) is 0 Å². The molecule has 0 fully saturated rings. The minimum atomic E-state index is 1.08. The topological polar surface area (TPSA) is 6.48 Å². The van der Waals surface area contributed by atoms with Gasteiger partial charge in [0, 0.05) is 34.1 Å². The van der Waals surface area contributed by atoms with Gasteiger partial charge in [0.15, 0.2) is 0 Å². The molecule has 0 saturated heterocycles. The van der Waals surface area contributed by atoms with Crippen LogP contribution in [-0.4, -0.2) is 0 Å². The predicted octanol–water partition coefficient (Wildman–Crippen LogP) is 17.6. The number of para-hydroxylation sites is 2. The summed E-state index contributed by atoms with van der Waals surface area (Å²) >= 11 is 0. The van der Waals surface area contributed by atoms with Gasteiger partial charge in [0.05, 0.1) is 0 Å². The molecule has 0 N–H and O–H groups in total. The molecule has 11 aromatic carbocycles. The monoisotopic (exact) mass is 816 g/mol. The number of anilines is 6. The maximum absolute atomic E-state index is 2.40. The molecule has 0 amide bonds. The Morgan fingerprint density at radius 2 is 0.438 bits per heavy atom. The smallest absolute Gasteiger partial charge is 0.0463 e. The van der Waals surface area contributed by atoms with E-state index in [1.165, 1.54) is 66.1 Å². The van der Waals surface area contributed by atoms with Gasteiger partial charge >= 0.3 is 0 Å². The predicted molar refractivity (Wildman–Crippen MR) is 273 cm³/mol. The molecule has 0 heterocycles. The zero-order valence-electron chi connectivity index (χ0n) is 35.3. The Hall–Kier alpha value is -8.46. The second-order valence-corrected chi connectivity index (χ2v) is 16.1. The summed E-state index contributed by atoms with van der Waals surface area (Å²) in [6, 6.07) is 96.1. The fourth-order valence-corrected chi connectivity index (χ4v) is 9.23. The molecule has 11 aromatic rings. The SMILES string of the molecule is c1ccc(-c2ccc(N(c3ccccc3)c3ccc(N(c4ccccc4)c4ccc(-c5ccc6c(-c7ccccc7)c7ccccc7c(-c7ccccc7)c6c5)cc4)cc3)cc2)cc1. The standard InChI is InChI=1S/C62H44N2/c1-6-18-45(19-7-1)46-30-35-53(36-31-46)63(51-24-12-4-13-25-51)55-39-41-56(42-40-55)64(52-26-14-5-15-27-52)54-37-32-47(33-38-54)50-34-43-59-60(44-50)62(49-22-10-3-11-23-49)58-29-17-16-28-57(58)61(59)48-20-8-2-9-21-48/h1-44H. The van der Waals surface area contributed by atoms with Crippen molar-refractivity contribution in [1.29, 1.82) is 0 Å². The largest absolute Gasteiger partial charge is 0.311 e. The molecule has 0 bridgehead atoms. The Balaban J connectivity index is 0.975. The quantitative estimate of drug-likeness (QED) is 0.127. The fourth-order valence-electron chi connectivity index (χ4n) is 9.23. The van der Waals surface area contributed by atoms with Crippen LogP contribution in [0.1, 0.15) is 0 Å². The van der Waals surface area contributed by atoms with Gasteiger partial charge in [-0.3, -0.25) is 0 Å². The third-order valence-corrected chi connectivity index (χ3v) is 12.2. The van der Waals surface area contributed by atoms with Crippen molar-refractivity contribution < 1.29 is 0 Å². The van der Waals surface area contributed by atoms with Gasteiger partial charge < -0.3 is 9.80 Å². The zero-order valence-corrected chi connectivity index (χ0v) is 35.3. The van der Waals surface area contributed by atoms with Crippen LogP contribution in [-0.2, 0) is 0 Å². The van der Waals surface area contributed by atoms with Crippen molar-refractivity contribution in [1.82, 2.24) is 0 Å². The average Bonchev–Trinajstić information content (AvgIpc) is 3.38. The highest BCUT2D eigenvalue weighted by atomic mass is 15.2. The fraction of sp³-hybridized carbons (Fsp3) is 0. The second kappa shape index (κ2) is 17.1. The molecule has 64 heavy (non-hydrogen) atoms. The number of hydrogen-bond donors (Lipinski definition) is 0. The maximum atomic E-state index is 2.40. The minimum absolute atomic E-state index is 1.08. The molecule has 2 heteroatoms. The van der Waals surface area contributed by atoms with Crippen molar-refractivity contribution >= 4 is 55.7 Å². The molecule has 0 spiro atoms. The van der Waals surface area contributed by atoms with Crippen LogP contribution in [0, 0.1) is 0 Å². The average molecular weight is 817 g/mol. The molecule has 0 unspecified atom stereocenters. The van der Waals surface area contributed by atoms with Crippen molar-refractivity contribution in [3.8, 4) is 44.5 Å². The van der Waals surface area contributed by atoms with E-state index < -0.39 is 0 Å². The lowest BCUT2D eigenvalue weighted by Gasteiger charge is -2.28. The maximum Gasteiger partial charge on any atom is 0.0463 e. The third kappa shape index (κ3) is 7.38. The second-order valence-electron chi connectivity index (χ2n) is 16.1. The Labute approximate surface area is 375 Å². The molecule has 0 radical (unpaired) electrons. The summed E-state index contributed by atoms with van der Waals surface area (Å²) in [6.07, 6.45) is 0. The molecule has 2 nitrogen and oxygen atoms in total. The lowest BCUT2D eigenvalue weighted by molar-refractivity contribution is 1.26. The normalized spacial score (nSPS) is 11.1. The highest BCUT2D eigenvalue weighted by Gasteiger charge is 2.19. The number of benzene rings is 11. The van der Waals surface area contributed by atoms with E-state index in [2.05, 4.69) is 277 Å². The van der Waals surface area contributed by atoms with Crippen LogP contribution < -0.4 is 9.80 Å². The minimum Gasteiger partial charge on any atom is -0.311 e. The summed E-state index contributed by atoms with van der Waals surface area (Å²) in [4.78, 5) is 4.65. The first-order valence-corrected chi connectivity index (χ1v) is 21.9. The number of fused-ring (bicyclic) bond motifs is 2. The first-order valence-electron chi connectivity index (χ1n) is 21.9. The van der Waals surface area contributed by atoms with Crippen molar-refractivity contribution in [2.75, 3.05) is 9.80 Å². The Morgan fingerprint density at radius 1 is 0.172 bits per heavy atom. The van der Waals surface area contributed by atoms with Crippen LogP contribution in [0.5, 0.6) is 0 Å². The lowest BCUT2D eigenvalue weighted by Crippen LogP contribution is -2.12. The highest BCUT2D eigenvalue weighted by molar-refractivity contribution is 6.22. The van der Waals surface area contributed by atoms with Gasteiger partial charge in [-0.25, -0.2) is 0 Å². The van der Waals surface area contributed by atoms with E-state index in [0.717, 1.165) is 34.1 Å². The molecule has 0 saturated carbocycles. The number of rotatable bonds is 10. The van der Waals surface area contributed by atoms with Gasteiger partial charge in [-0.1, -0.05) is 188 Å². The van der Waals surface area contributed by atoms with Crippen molar-refractivity contribution in [3.63, 3.8) is 0 Å². The molecule has 302 valence electrons. The van der Waals surface area contributed by atoms with E-state index >= 15 is 0 Å². The summed E-state index contributed by atoms with van der Waals surface area (Å²) in [5.74, 6) is 0. The van der Waals surface area contributed by atoms with Crippen molar-refractivity contribution in [2.24, 2.45) is 0 Å². The van der Waals surface area contributed by atoms with Crippen molar-refractivity contribution in [3.05, 3.63) is 267 Å². The molecule has 0 aliphatic carbocycles. The Bertz CT molecular complexity index is 3310. The van der Waals surface area contributed by atoms with Gasteiger partial charge in [0.2, 0.25) is 0 Å². The first-order chi connectivity index (χ1) is 31.8. The van der Waals surface area contributed by atoms with Crippen molar-refractivity contribution in [2.45, 2.75) is 0 Å². The van der Waals surface area contributed by atoms with Crippen LogP contribution in [0.3, 0.4) is 0 Å². The highest BCUT2D eigenvalue weighted by Crippen LogP contribution is 2.45. The van der Waals surface area contributed by atoms with E-state index in [1.54, 1.807) is 0 Å². The molecule has 11 rings (SSSR count). The van der Waals surface area contributed by atoms with Crippen LogP contribution in [0.4, 0.5) is 34.1 Å². The van der Waals surface area contributed by atoms with Gasteiger partial charge in [-0.2, -0.15) is 0 Å². The summed E-state index contributed by atoms with van der Waals surface area (Å²) < 4.78 is 0. The van der Waals surface area contributed by atoms with Gasteiger partial charge in [0.25, 0.3) is 0 Å². The molecule has 0 aromatic heterocycles. The van der Waals surface area contributed by atoms with Crippen LogP contribution >= 0.6 is 0 Å². The summed E-state index contributed by atoms with van der Waals surface area (Å²) in [5.41, 5.74) is 16.3. The number of nitrogens with zero attached hydrogens (tertiary/aromatic N) is 2. The van der Waals surface area contributed by atoms with E-state index in [9.17, 15) is 0 Å². The first kappa shape index (κ1) is 38.5. The van der Waals surface area contributed by atoms with Gasteiger partial charge in [-0.15, -0.1) is 0 Å². The summed E-state index contributed by atoms with van der Waals surface area (Å²) in [5, 5.41) is 5.01. The molecular formula is C62H44N2. The summed E-state index contributed by atoms with van der Waals surface area (Å²) in [6.45, 7) is 0. The van der Waals surface area contributed by atoms with E-state index in [1.807, 2.05) is 0 Å². The van der Waals surface area contributed by atoms with Crippen LogP contribution in [0.25, 0.3) is 66.1 Å². The summed E-state index contributed by atoms with van der Waals surface area (Å²) in [7, 11) is 0. The molecule has 0 aliphatic heterocycles. The van der Waals surface area contributed by atoms with E-state index in [0.29, 0.717) is 0 Å². The Kier molecular flexibility index (Phi) is 10.3. The Morgan fingerprint density at radius 3 is 0.859 bits per heavy atom. The van der Waals surface area contributed by atoms with Gasteiger partial charge in [-0.05, 0) is 145 Å². The molecular weight excluding hydrogens is 773 g/mol. The molecule has 0 atom stereocenters. The number of hydrogen-bond acceptors (Lipinski definition) is 2. The van der Waals surface area contributed by atoms with Crippen LogP contribution in [0.2, 0.25) is 0 Å². The molecule has 0 aliphatic rings. The lowest BCUT2D eigenvalue weighted by atomic mass is 9.85. The zero-order chi connectivity index (χ0) is 42.7. The third-order valence-electron chi connectivity index (χ3n) is 12.2. The van der Waals surface area contributed by atoms with Gasteiger partial charge in [0.1, 0.15) is 0 Å². The van der Waals surface area contributed by atoms with Crippen LogP contribution in [0.15, 0.2) is 267 Å². The van der Waals surface area contributed by atoms with E-state index in [-0.39, 0.29) is 0 Å².